The summed E-state index contributed by atoms with van der Waals surface area (Å²) in [7, 11) is 0. The maximum Gasteiger partial charge on any atom is 0.235 e. The molecule has 33 heavy (non-hydrogen) atoms. The molecule has 1 fully saturated rings. The second-order valence-electron chi connectivity index (χ2n) is 9.93. The zero-order valence-electron chi connectivity index (χ0n) is 18.9. The molecule has 6 rings (SSSR count). The molecule has 1 amide bonds. The first-order valence-electron chi connectivity index (χ1n) is 12.1. The molecule has 3 aromatic rings. The fourth-order valence-electron chi connectivity index (χ4n) is 6.98. The van der Waals surface area contributed by atoms with Crippen LogP contribution < -0.4 is 10.6 Å². The summed E-state index contributed by atoms with van der Waals surface area (Å²) in [5, 5.41) is 7.16. The van der Waals surface area contributed by atoms with E-state index in [1.165, 1.54) is 22.4 Å². The average molecular weight is 501 g/mol. The first kappa shape index (κ1) is 21.0. The van der Waals surface area contributed by atoms with E-state index in [1.807, 2.05) is 6.07 Å². The third-order valence-corrected chi connectivity index (χ3v) is 8.78. The third kappa shape index (κ3) is 3.18. The van der Waals surface area contributed by atoms with Gasteiger partial charge in [0.25, 0.3) is 0 Å². The van der Waals surface area contributed by atoms with E-state index in [4.69, 9.17) is 0 Å². The highest BCUT2D eigenvalue weighted by atomic mass is 79.9. The molecule has 3 aliphatic rings. The summed E-state index contributed by atoms with van der Waals surface area (Å²) in [6.07, 6.45) is 4.03. The molecule has 5 atom stereocenters. The summed E-state index contributed by atoms with van der Waals surface area (Å²) in [6.45, 7) is 2.24. The lowest BCUT2D eigenvalue weighted by atomic mass is 9.53. The van der Waals surface area contributed by atoms with Gasteiger partial charge in [0.2, 0.25) is 5.91 Å². The molecule has 1 spiro atoms. The Balaban J connectivity index is 1.53. The number of carbonyl (C=O) groups is 1. The lowest BCUT2D eigenvalue weighted by Crippen LogP contribution is -2.55. The van der Waals surface area contributed by atoms with E-state index in [0.29, 0.717) is 17.9 Å². The number of rotatable bonds is 3. The van der Waals surface area contributed by atoms with Gasteiger partial charge in [-0.25, -0.2) is 0 Å². The van der Waals surface area contributed by atoms with Crippen LogP contribution in [0.1, 0.15) is 55.2 Å². The predicted molar refractivity (Wildman–Crippen MR) is 138 cm³/mol. The number of fused-ring (bicyclic) bond motifs is 4. The van der Waals surface area contributed by atoms with Gasteiger partial charge in [0.15, 0.2) is 0 Å². The number of halogens is 1. The van der Waals surface area contributed by atoms with E-state index in [0.717, 1.165) is 35.8 Å². The molecule has 2 N–H and O–H groups in total. The molecule has 0 bridgehead atoms. The van der Waals surface area contributed by atoms with E-state index < -0.39 is 5.41 Å². The van der Waals surface area contributed by atoms with Crippen molar-refractivity contribution >= 4 is 33.2 Å². The van der Waals surface area contributed by atoms with Gasteiger partial charge < -0.3 is 10.6 Å². The molecule has 0 saturated heterocycles. The van der Waals surface area contributed by atoms with Gasteiger partial charge in [-0.3, -0.25) is 4.79 Å². The van der Waals surface area contributed by atoms with Crippen molar-refractivity contribution in [2.75, 3.05) is 10.6 Å². The highest BCUT2D eigenvalue weighted by Crippen LogP contribution is 2.59. The van der Waals surface area contributed by atoms with Crippen molar-refractivity contribution in [1.82, 2.24) is 0 Å². The molecule has 2 heterocycles. The van der Waals surface area contributed by atoms with Gasteiger partial charge in [0, 0.05) is 27.8 Å². The Bertz CT molecular complexity index is 1210. The Kier molecular flexibility index (Phi) is 5.10. The Morgan fingerprint density at radius 3 is 2.61 bits per heavy atom. The zero-order valence-corrected chi connectivity index (χ0v) is 20.4. The molecule has 168 valence electrons. The molecule has 0 radical (unpaired) electrons. The van der Waals surface area contributed by atoms with Gasteiger partial charge in [0.05, 0.1) is 5.41 Å². The van der Waals surface area contributed by atoms with Gasteiger partial charge in [-0.05, 0) is 72.1 Å². The molecule has 1 saturated carbocycles. The summed E-state index contributed by atoms with van der Waals surface area (Å²) in [6, 6.07) is 26.2. The minimum absolute atomic E-state index is 0.201. The second kappa shape index (κ2) is 8.02. The molecule has 4 heteroatoms. The molecule has 0 aromatic heterocycles. The molecular formula is C29H29BrN2O. The van der Waals surface area contributed by atoms with Gasteiger partial charge in [-0.15, -0.1) is 0 Å². The van der Waals surface area contributed by atoms with Crippen LogP contribution in [0.2, 0.25) is 0 Å². The minimum Gasteiger partial charge on any atom is -0.382 e. The van der Waals surface area contributed by atoms with Crippen LogP contribution in [-0.4, -0.2) is 11.9 Å². The van der Waals surface area contributed by atoms with Gasteiger partial charge in [-0.2, -0.15) is 0 Å². The molecule has 5 unspecified atom stereocenters. The largest absolute Gasteiger partial charge is 0.382 e. The SMILES string of the molecule is CCCC1CC2Nc3ccc(Br)cc3C(c3ccccc3)C2CC12C(=O)Nc1ccccc12. The number of carbonyl (C=O) groups excluding carboxylic acids is 1. The van der Waals surface area contributed by atoms with Crippen LogP contribution in [-0.2, 0) is 10.2 Å². The van der Waals surface area contributed by atoms with Crippen LogP contribution in [0.15, 0.2) is 77.3 Å². The van der Waals surface area contributed by atoms with Crippen LogP contribution in [0.25, 0.3) is 0 Å². The van der Waals surface area contributed by atoms with Crippen LogP contribution in [0.4, 0.5) is 11.4 Å². The first-order valence-corrected chi connectivity index (χ1v) is 12.9. The fourth-order valence-corrected chi connectivity index (χ4v) is 7.36. The highest BCUT2D eigenvalue weighted by Gasteiger charge is 2.58. The Morgan fingerprint density at radius 2 is 1.79 bits per heavy atom. The molecular weight excluding hydrogens is 472 g/mol. The maximum atomic E-state index is 13.8. The van der Waals surface area contributed by atoms with Crippen LogP contribution in [0.5, 0.6) is 0 Å². The molecule has 2 aliphatic heterocycles. The number of hydrogen-bond acceptors (Lipinski definition) is 2. The van der Waals surface area contributed by atoms with E-state index in [9.17, 15) is 4.79 Å². The van der Waals surface area contributed by atoms with E-state index in [2.05, 4.69) is 100 Å². The van der Waals surface area contributed by atoms with Crippen LogP contribution >= 0.6 is 15.9 Å². The summed E-state index contributed by atoms with van der Waals surface area (Å²) < 4.78 is 1.10. The van der Waals surface area contributed by atoms with Gasteiger partial charge in [0.1, 0.15) is 0 Å². The van der Waals surface area contributed by atoms with E-state index in [1.54, 1.807) is 0 Å². The minimum atomic E-state index is -0.452. The maximum absolute atomic E-state index is 13.8. The van der Waals surface area contributed by atoms with Crippen molar-refractivity contribution in [2.24, 2.45) is 11.8 Å². The predicted octanol–water partition coefficient (Wildman–Crippen LogP) is 7.09. The van der Waals surface area contributed by atoms with Crippen molar-refractivity contribution in [3.8, 4) is 0 Å². The van der Waals surface area contributed by atoms with Gasteiger partial charge >= 0.3 is 0 Å². The third-order valence-electron chi connectivity index (χ3n) is 8.28. The summed E-state index contributed by atoms with van der Waals surface area (Å²) in [5.41, 5.74) is 5.66. The molecule has 1 aliphatic carbocycles. The number of benzene rings is 3. The Labute approximate surface area is 204 Å². The molecule has 3 nitrogen and oxygen atoms in total. The van der Waals surface area contributed by atoms with Crippen LogP contribution in [0.3, 0.4) is 0 Å². The van der Waals surface area contributed by atoms with Crippen molar-refractivity contribution in [3.63, 3.8) is 0 Å². The summed E-state index contributed by atoms with van der Waals surface area (Å²) >= 11 is 3.71. The second-order valence-corrected chi connectivity index (χ2v) is 10.8. The number of hydrogen-bond donors (Lipinski definition) is 2. The number of nitrogens with one attached hydrogen (secondary N) is 2. The van der Waals surface area contributed by atoms with Crippen molar-refractivity contribution < 1.29 is 4.79 Å². The monoisotopic (exact) mass is 500 g/mol. The van der Waals surface area contributed by atoms with E-state index in [-0.39, 0.29) is 11.8 Å². The van der Waals surface area contributed by atoms with E-state index >= 15 is 0 Å². The smallest absolute Gasteiger partial charge is 0.235 e. The topological polar surface area (TPSA) is 41.1 Å². The quantitative estimate of drug-likeness (QED) is 0.402. The Morgan fingerprint density at radius 1 is 1.00 bits per heavy atom. The number of amides is 1. The average Bonchev–Trinajstić information content (AvgIpc) is 3.11. The standard InChI is InChI=1S/C29H29BrN2O/c1-2-8-19-15-26-22(17-29(19)23-11-6-7-12-25(23)32-28(29)33)27(18-9-4-3-5-10-18)21-16-20(30)13-14-24(21)31-26/h3-7,9-14,16,19,22,26-27,31H,2,8,15,17H2,1H3,(H,32,33). The lowest BCUT2D eigenvalue weighted by Gasteiger charge is -2.52. The normalized spacial score (nSPS) is 29.6. The van der Waals surface area contributed by atoms with Crippen molar-refractivity contribution in [1.29, 1.82) is 0 Å². The number of anilines is 2. The Hall–Kier alpha value is -2.59. The van der Waals surface area contributed by atoms with Crippen molar-refractivity contribution in [3.05, 3.63) is 94.0 Å². The zero-order chi connectivity index (χ0) is 22.6. The number of para-hydroxylation sites is 1. The fraction of sp³-hybridized carbons (Fsp3) is 0.345. The summed E-state index contributed by atoms with van der Waals surface area (Å²) in [5.74, 6) is 1.12. The highest BCUT2D eigenvalue weighted by molar-refractivity contribution is 9.10. The lowest BCUT2D eigenvalue weighted by molar-refractivity contribution is -0.125. The molecule has 3 aromatic carbocycles. The van der Waals surface area contributed by atoms with Crippen LogP contribution in [0, 0.1) is 11.8 Å². The van der Waals surface area contributed by atoms with Gasteiger partial charge in [-0.1, -0.05) is 77.8 Å². The van der Waals surface area contributed by atoms with Crippen molar-refractivity contribution in [2.45, 2.75) is 50.0 Å². The summed E-state index contributed by atoms with van der Waals surface area (Å²) in [4.78, 5) is 13.8. The first-order chi connectivity index (χ1) is 16.1.